The van der Waals surface area contributed by atoms with Crippen LogP contribution in [-0.2, 0) is 9.84 Å². The Morgan fingerprint density at radius 2 is 2.06 bits per heavy atom. The van der Waals surface area contributed by atoms with E-state index in [0.29, 0.717) is 16.9 Å². The molecule has 6 heteroatoms. The predicted octanol–water partition coefficient (Wildman–Crippen LogP) is 1.13. The SMILES string of the molecule is CS(=O)(=O)c1cccc(-c2cncnc2N)c1. The van der Waals surface area contributed by atoms with Crippen molar-refractivity contribution in [1.29, 1.82) is 0 Å². The van der Waals surface area contributed by atoms with Crippen molar-refractivity contribution >= 4 is 15.7 Å². The molecule has 0 aliphatic rings. The lowest BCUT2D eigenvalue weighted by atomic mass is 10.1. The van der Waals surface area contributed by atoms with Crippen molar-refractivity contribution in [2.24, 2.45) is 0 Å². The quantitative estimate of drug-likeness (QED) is 0.862. The van der Waals surface area contributed by atoms with E-state index in [1.165, 1.54) is 6.33 Å². The standard InChI is InChI=1S/C11H11N3O2S/c1-17(15,16)9-4-2-3-8(5-9)10-6-13-7-14-11(10)12/h2-7H,1H3,(H2,12,13,14). The molecule has 0 saturated carbocycles. The van der Waals surface area contributed by atoms with Crippen LogP contribution >= 0.6 is 0 Å². The van der Waals surface area contributed by atoms with Crippen molar-refractivity contribution in [3.8, 4) is 11.1 Å². The van der Waals surface area contributed by atoms with E-state index in [1.807, 2.05) is 0 Å². The second-order valence-electron chi connectivity index (χ2n) is 3.62. The summed E-state index contributed by atoms with van der Waals surface area (Å²) in [5, 5.41) is 0. The number of nitrogens with two attached hydrogens (primary N) is 1. The fourth-order valence-electron chi connectivity index (χ4n) is 1.46. The Morgan fingerprint density at radius 3 is 2.71 bits per heavy atom. The number of hydrogen-bond acceptors (Lipinski definition) is 5. The molecule has 0 unspecified atom stereocenters. The zero-order valence-electron chi connectivity index (χ0n) is 9.16. The van der Waals surface area contributed by atoms with Crippen LogP contribution in [0.15, 0.2) is 41.7 Å². The topological polar surface area (TPSA) is 85.9 Å². The molecule has 17 heavy (non-hydrogen) atoms. The summed E-state index contributed by atoms with van der Waals surface area (Å²) in [5.41, 5.74) is 7.02. The maximum atomic E-state index is 11.4. The molecule has 1 heterocycles. The van der Waals surface area contributed by atoms with Crippen LogP contribution in [0, 0.1) is 0 Å². The van der Waals surface area contributed by atoms with Crippen molar-refractivity contribution < 1.29 is 8.42 Å². The Labute approximate surface area is 99.3 Å². The Bertz CT molecular complexity index is 653. The minimum atomic E-state index is -3.23. The van der Waals surface area contributed by atoms with Crippen molar-refractivity contribution in [1.82, 2.24) is 9.97 Å². The van der Waals surface area contributed by atoms with E-state index >= 15 is 0 Å². The molecule has 1 aromatic heterocycles. The molecular formula is C11H11N3O2S. The van der Waals surface area contributed by atoms with E-state index in [0.717, 1.165) is 6.26 Å². The second kappa shape index (κ2) is 4.14. The van der Waals surface area contributed by atoms with Crippen LogP contribution in [0.2, 0.25) is 0 Å². The predicted molar refractivity (Wildman–Crippen MR) is 65.0 cm³/mol. The zero-order valence-corrected chi connectivity index (χ0v) is 9.98. The van der Waals surface area contributed by atoms with Gasteiger partial charge in [0.25, 0.3) is 0 Å². The molecule has 0 radical (unpaired) electrons. The third-order valence-corrected chi connectivity index (χ3v) is 3.43. The lowest BCUT2D eigenvalue weighted by molar-refractivity contribution is 0.602. The maximum absolute atomic E-state index is 11.4. The molecule has 0 amide bonds. The molecule has 2 rings (SSSR count). The van der Waals surface area contributed by atoms with Gasteiger partial charge >= 0.3 is 0 Å². The van der Waals surface area contributed by atoms with Crippen LogP contribution < -0.4 is 5.73 Å². The van der Waals surface area contributed by atoms with E-state index in [2.05, 4.69) is 9.97 Å². The van der Waals surface area contributed by atoms with E-state index in [9.17, 15) is 8.42 Å². The van der Waals surface area contributed by atoms with Crippen molar-refractivity contribution in [3.63, 3.8) is 0 Å². The number of benzene rings is 1. The van der Waals surface area contributed by atoms with E-state index < -0.39 is 9.84 Å². The van der Waals surface area contributed by atoms with E-state index in [4.69, 9.17) is 5.73 Å². The van der Waals surface area contributed by atoms with Crippen LogP contribution in [-0.4, -0.2) is 24.6 Å². The highest BCUT2D eigenvalue weighted by molar-refractivity contribution is 7.90. The number of nitrogens with zero attached hydrogens (tertiary/aromatic N) is 2. The smallest absolute Gasteiger partial charge is 0.175 e. The summed E-state index contributed by atoms with van der Waals surface area (Å²) in [6, 6.07) is 6.53. The molecular weight excluding hydrogens is 238 g/mol. The highest BCUT2D eigenvalue weighted by Crippen LogP contribution is 2.25. The first-order chi connectivity index (χ1) is 7.98. The number of nitrogen functional groups attached to an aromatic ring is 1. The third-order valence-electron chi connectivity index (χ3n) is 2.32. The number of anilines is 1. The largest absolute Gasteiger partial charge is 0.383 e. The Morgan fingerprint density at radius 1 is 1.29 bits per heavy atom. The Kier molecular flexibility index (Phi) is 2.81. The Hall–Kier alpha value is -1.95. The average Bonchev–Trinajstić information content (AvgIpc) is 2.29. The van der Waals surface area contributed by atoms with Crippen molar-refractivity contribution in [2.75, 3.05) is 12.0 Å². The van der Waals surface area contributed by atoms with Gasteiger partial charge in [-0.05, 0) is 17.7 Å². The number of rotatable bonds is 2. The molecule has 2 N–H and O–H groups in total. The van der Waals surface area contributed by atoms with Gasteiger partial charge in [0, 0.05) is 18.0 Å². The van der Waals surface area contributed by atoms with Gasteiger partial charge < -0.3 is 5.73 Å². The van der Waals surface area contributed by atoms with Crippen LogP contribution in [0.4, 0.5) is 5.82 Å². The first-order valence-corrected chi connectivity index (χ1v) is 6.73. The highest BCUT2D eigenvalue weighted by atomic mass is 32.2. The molecule has 0 aliphatic heterocycles. The number of sulfone groups is 1. The summed E-state index contributed by atoms with van der Waals surface area (Å²) in [7, 11) is -3.23. The van der Waals surface area contributed by atoms with Gasteiger partial charge in [0.15, 0.2) is 9.84 Å². The van der Waals surface area contributed by atoms with Gasteiger partial charge in [0.05, 0.1) is 4.90 Å². The van der Waals surface area contributed by atoms with Gasteiger partial charge in [-0.15, -0.1) is 0 Å². The van der Waals surface area contributed by atoms with Gasteiger partial charge in [-0.3, -0.25) is 0 Å². The van der Waals surface area contributed by atoms with Crippen LogP contribution in [0.5, 0.6) is 0 Å². The Balaban J connectivity index is 2.59. The normalized spacial score (nSPS) is 11.4. The summed E-state index contributed by atoms with van der Waals surface area (Å²) >= 11 is 0. The molecule has 1 aromatic carbocycles. The molecule has 5 nitrogen and oxygen atoms in total. The van der Waals surface area contributed by atoms with Gasteiger partial charge in [-0.25, -0.2) is 18.4 Å². The lowest BCUT2D eigenvalue weighted by Gasteiger charge is -2.05. The summed E-state index contributed by atoms with van der Waals surface area (Å²) in [4.78, 5) is 7.99. The fraction of sp³-hybridized carbons (Fsp3) is 0.0909. The molecule has 0 atom stereocenters. The third kappa shape index (κ3) is 2.42. The first-order valence-electron chi connectivity index (χ1n) is 4.84. The minimum Gasteiger partial charge on any atom is -0.383 e. The van der Waals surface area contributed by atoms with Crippen LogP contribution in [0.25, 0.3) is 11.1 Å². The molecule has 0 bridgehead atoms. The summed E-state index contributed by atoms with van der Waals surface area (Å²) in [6.45, 7) is 0. The van der Waals surface area contributed by atoms with Gasteiger partial charge in [0.2, 0.25) is 0 Å². The van der Waals surface area contributed by atoms with Crippen LogP contribution in [0.3, 0.4) is 0 Å². The molecule has 0 spiro atoms. The number of hydrogen-bond donors (Lipinski definition) is 1. The second-order valence-corrected chi connectivity index (χ2v) is 5.64. The van der Waals surface area contributed by atoms with Crippen molar-refractivity contribution in [2.45, 2.75) is 4.90 Å². The van der Waals surface area contributed by atoms with Gasteiger partial charge in [-0.1, -0.05) is 12.1 Å². The fourth-order valence-corrected chi connectivity index (χ4v) is 2.12. The van der Waals surface area contributed by atoms with Crippen molar-refractivity contribution in [3.05, 3.63) is 36.8 Å². The lowest BCUT2D eigenvalue weighted by Crippen LogP contribution is -1.98. The summed E-state index contributed by atoms with van der Waals surface area (Å²) in [6.07, 6.45) is 4.07. The summed E-state index contributed by atoms with van der Waals surface area (Å²) < 4.78 is 22.9. The molecule has 2 aromatic rings. The minimum absolute atomic E-state index is 0.248. The maximum Gasteiger partial charge on any atom is 0.175 e. The molecule has 0 saturated heterocycles. The highest BCUT2D eigenvalue weighted by Gasteiger charge is 2.10. The average molecular weight is 249 g/mol. The van der Waals surface area contributed by atoms with Gasteiger partial charge in [0.1, 0.15) is 12.1 Å². The molecule has 88 valence electrons. The molecule has 0 fully saturated rings. The van der Waals surface area contributed by atoms with Gasteiger partial charge in [-0.2, -0.15) is 0 Å². The van der Waals surface area contributed by atoms with Crippen LogP contribution in [0.1, 0.15) is 0 Å². The zero-order chi connectivity index (χ0) is 12.5. The number of aromatic nitrogens is 2. The van der Waals surface area contributed by atoms with E-state index in [1.54, 1.807) is 30.5 Å². The molecule has 0 aliphatic carbocycles. The summed E-state index contributed by atoms with van der Waals surface area (Å²) in [5.74, 6) is 0.325. The first kappa shape index (κ1) is 11.5. The van der Waals surface area contributed by atoms with E-state index in [-0.39, 0.29) is 4.90 Å². The monoisotopic (exact) mass is 249 g/mol.